The minimum absolute atomic E-state index is 0.00416. The number of carbonyl (C=O) groups is 1. The molecule has 1 amide bonds. The molecule has 1 aliphatic rings. The highest BCUT2D eigenvalue weighted by Gasteiger charge is 2.28. The maximum atomic E-state index is 12.4. The maximum absolute atomic E-state index is 12.4. The molecular weight excluding hydrogens is 306 g/mol. The largest absolute Gasteiger partial charge is 0.484 e. The van der Waals surface area contributed by atoms with Crippen molar-refractivity contribution < 1.29 is 14.1 Å². The number of likely N-dealkylation sites (tertiary alicyclic amines) is 1. The third-order valence-electron chi connectivity index (χ3n) is 4.31. The van der Waals surface area contributed by atoms with Crippen LogP contribution in [0.2, 0.25) is 0 Å². The SMILES string of the molecule is CCc1noc(C2CCCN(C(=O)COc3ccc(C)cc3)C2)n1. The zero-order valence-electron chi connectivity index (χ0n) is 14.2. The second kappa shape index (κ2) is 7.47. The number of hydrogen-bond acceptors (Lipinski definition) is 5. The Balaban J connectivity index is 1.55. The lowest BCUT2D eigenvalue weighted by atomic mass is 9.98. The first-order valence-corrected chi connectivity index (χ1v) is 8.45. The summed E-state index contributed by atoms with van der Waals surface area (Å²) in [4.78, 5) is 18.6. The highest BCUT2D eigenvalue weighted by molar-refractivity contribution is 5.78. The molecule has 0 bridgehead atoms. The van der Waals surface area contributed by atoms with E-state index in [1.165, 1.54) is 5.56 Å². The smallest absolute Gasteiger partial charge is 0.260 e. The van der Waals surface area contributed by atoms with Crippen LogP contribution >= 0.6 is 0 Å². The van der Waals surface area contributed by atoms with Crippen molar-refractivity contribution in [1.29, 1.82) is 0 Å². The van der Waals surface area contributed by atoms with Gasteiger partial charge in [-0.2, -0.15) is 4.98 Å². The summed E-state index contributed by atoms with van der Waals surface area (Å²) in [5, 5.41) is 3.95. The monoisotopic (exact) mass is 329 g/mol. The molecular formula is C18H23N3O3. The van der Waals surface area contributed by atoms with Crippen LogP contribution in [0.1, 0.15) is 43.0 Å². The molecule has 3 rings (SSSR count). The molecule has 1 atom stereocenters. The lowest BCUT2D eigenvalue weighted by Crippen LogP contribution is -2.41. The van der Waals surface area contributed by atoms with Gasteiger partial charge in [0, 0.05) is 19.5 Å². The van der Waals surface area contributed by atoms with Crippen molar-refractivity contribution in [3.63, 3.8) is 0 Å². The molecule has 1 aliphatic heterocycles. The summed E-state index contributed by atoms with van der Waals surface area (Å²) in [5.41, 5.74) is 1.17. The van der Waals surface area contributed by atoms with Crippen molar-refractivity contribution >= 4 is 5.91 Å². The summed E-state index contributed by atoms with van der Waals surface area (Å²) in [6, 6.07) is 7.70. The standard InChI is InChI=1S/C18H23N3O3/c1-3-16-19-18(24-20-16)14-5-4-10-21(11-14)17(22)12-23-15-8-6-13(2)7-9-15/h6-9,14H,3-5,10-12H2,1-2H3. The molecule has 0 saturated carbocycles. The predicted octanol–water partition coefficient (Wildman–Crippen LogP) is 2.73. The normalized spacial score (nSPS) is 17.8. The Morgan fingerprint density at radius 2 is 2.17 bits per heavy atom. The van der Waals surface area contributed by atoms with E-state index in [0.29, 0.717) is 18.2 Å². The molecule has 1 aromatic carbocycles. The Kier molecular flexibility index (Phi) is 5.13. The zero-order valence-corrected chi connectivity index (χ0v) is 14.2. The molecule has 1 saturated heterocycles. The molecule has 1 unspecified atom stereocenters. The van der Waals surface area contributed by atoms with Crippen LogP contribution < -0.4 is 4.74 Å². The van der Waals surface area contributed by atoms with Gasteiger partial charge in [-0.3, -0.25) is 4.79 Å². The summed E-state index contributed by atoms with van der Waals surface area (Å²) < 4.78 is 10.9. The minimum atomic E-state index is -0.00416. The predicted molar refractivity (Wildman–Crippen MR) is 88.9 cm³/mol. The number of carbonyl (C=O) groups excluding carboxylic acids is 1. The molecule has 6 nitrogen and oxygen atoms in total. The zero-order chi connectivity index (χ0) is 16.9. The quantitative estimate of drug-likeness (QED) is 0.843. The number of nitrogens with zero attached hydrogens (tertiary/aromatic N) is 3. The Morgan fingerprint density at radius 3 is 2.88 bits per heavy atom. The Bertz CT molecular complexity index is 681. The first-order chi connectivity index (χ1) is 11.7. The van der Waals surface area contributed by atoms with Crippen LogP contribution in [0.15, 0.2) is 28.8 Å². The van der Waals surface area contributed by atoms with Crippen LogP contribution in [-0.4, -0.2) is 40.6 Å². The lowest BCUT2D eigenvalue weighted by Gasteiger charge is -2.30. The van der Waals surface area contributed by atoms with E-state index in [0.717, 1.165) is 31.6 Å². The first-order valence-electron chi connectivity index (χ1n) is 8.45. The highest BCUT2D eigenvalue weighted by Crippen LogP contribution is 2.26. The first kappa shape index (κ1) is 16.5. The van der Waals surface area contributed by atoms with E-state index in [4.69, 9.17) is 9.26 Å². The number of hydrogen-bond donors (Lipinski definition) is 0. The molecule has 0 aliphatic carbocycles. The average molecular weight is 329 g/mol. The van der Waals surface area contributed by atoms with E-state index in [-0.39, 0.29) is 18.4 Å². The van der Waals surface area contributed by atoms with Gasteiger partial charge in [0.15, 0.2) is 12.4 Å². The second-order valence-electron chi connectivity index (χ2n) is 6.18. The fraction of sp³-hybridized carbons (Fsp3) is 0.500. The van der Waals surface area contributed by atoms with Crippen molar-refractivity contribution in [2.24, 2.45) is 0 Å². The molecule has 6 heteroatoms. The third kappa shape index (κ3) is 3.93. The molecule has 2 heterocycles. The number of benzene rings is 1. The van der Waals surface area contributed by atoms with Gasteiger partial charge in [-0.15, -0.1) is 0 Å². The fourth-order valence-electron chi connectivity index (χ4n) is 2.85. The van der Waals surface area contributed by atoms with Crippen molar-refractivity contribution in [3.8, 4) is 5.75 Å². The van der Waals surface area contributed by atoms with E-state index in [1.54, 1.807) is 0 Å². The summed E-state index contributed by atoms with van der Waals surface area (Å²) in [6.07, 6.45) is 2.65. The van der Waals surface area contributed by atoms with Crippen molar-refractivity contribution in [1.82, 2.24) is 15.0 Å². The summed E-state index contributed by atoms with van der Waals surface area (Å²) in [7, 11) is 0. The topological polar surface area (TPSA) is 68.5 Å². The van der Waals surface area contributed by atoms with E-state index in [9.17, 15) is 4.79 Å². The summed E-state index contributed by atoms with van der Waals surface area (Å²) in [5.74, 6) is 2.19. The van der Waals surface area contributed by atoms with Crippen LogP contribution in [-0.2, 0) is 11.2 Å². The third-order valence-corrected chi connectivity index (χ3v) is 4.31. The highest BCUT2D eigenvalue weighted by atomic mass is 16.5. The number of piperidine rings is 1. The van der Waals surface area contributed by atoms with Crippen LogP contribution in [0.5, 0.6) is 5.75 Å². The van der Waals surface area contributed by atoms with E-state index in [2.05, 4.69) is 10.1 Å². The second-order valence-corrected chi connectivity index (χ2v) is 6.18. The van der Waals surface area contributed by atoms with Gasteiger partial charge in [0.1, 0.15) is 5.75 Å². The average Bonchev–Trinajstić information content (AvgIpc) is 3.10. The molecule has 0 radical (unpaired) electrons. The number of aryl methyl sites for hydroxylation is 2. The molecule has 2 aromatic rings. The van der Waals surface area contributed by atoms with Crippen molar-refractivity contribution in [2.45, 2.75) is 39.0 Å². The molecule has 1 fully saturated rings. The Labute approximate surface area is 141 Å². The van der Waals surface area contributed by atoms with Gasteiger partial charge >= 0.3 is 0 Å². The van der Waals surface area contributed by atoms with E-state index >= 15 is 0 Å². The molecule has 0 spiro atoms. The van der Waals surface area contributed by atoms with Crippen LogP contribution in [0.25, 0.3) is 0 Å². The van der Waals surface area contributed by atoms with Gasteiger partial charge in [0.05, 0.1) is 5.92 Å². The van der Waals surface area contributed by atoms with Crippen molar-refractivity contribution in [3.05, 3.63) is 41.5 Å². The number of aromatic nitrogens is 2. The van der Waals surface area contributed by atoms with E-state index in [1.807, 2.05) is 43.0 Å². The fourth-order valence-corrected chi connectivity index (χ4v) is 2.85. The lowest BCUT2D eigenvalue weighted by molar-refractivity contribution is -0.134. The van der Waals surface area contributed by atoms with Gasteiger partial charge in [-0.25, -0.2) is 0 Å². The number of ether oxygens (including phenoxy) is 1. The van der Waals surface area contributed by atoms with E-state index < -0.39 is 0 Å². The number of rotatable bonds is 5. The molecule has 128 valence electrons. The van der Waals surface area contributed by atoms with Crippen LogP contribution in [0.3, 0.4) is 0 Å². The Morgan fingerprint density at radius 1 is 1.38 bits per heavy atom. The van der Waals surface area contributed by atoms with Gasteiger partial charge in [-0.05, 0) is 31.9 Å². The van der Waals surface area contributed by atoms with Gasteiger partial charge in [-0.1, -0.05) is 29.8 Å². The minimum Gasteiger partial charge on any atom is -0.484 e. The number of amides is 1. The van der Waals surface area contributed by atoms with Crippen LogP contribution in [0.4, 0.5) is 0 Å². The summed E-state index contributed by atoms with van der Waals surface area (Å²) in [6.45, 7) is 5.43. The molecule has 24 heavy (non-hydrogen) atoms. The Hall–Kier alpha value is -2.37. The van der Waals surface area contributed by atoms with Gasteiger partial charge < -0.3 is 14.2 Å². The van der Waals surface area contributed by atoms with Crippen molar-refractivity contribution in [2.75, 3.05) is 19.7 Å². The molecule has 1 aromatic heterocycles. The molecule has 0 N–H and O–H groups in total. The maximum Gasteiger partial charge on any atom is 0.260 e. The summed E-state index contributed by atoms with van der Waals surface area (Å²) >= 11 is 0. The van der Waals surface area contributed by atoms with Crippen LogP contribution in [0, 0.1) is 6.92 Å². The van der Waals surface area contributed by atoms with Gasteiger partial charge in [0.25, 0.3) is 5.91 Å². The van der Waals surface area contributed by atoms with Gasteiger partial charge in [0.2, 0.25) is 5.89 Å².